The van der Waals surface area contributed by atoms with E-state index in [2.05, 4.69) is 10.3 Å². The van der Waals surface area contributed by atoms with Crippen LogP contribution in [0.25, 0.3) is 5.69 Å². The first-order chi connectivity index (χ1) is 11.8. The Morgan fingerprint density at radius 1 is 1.20 bits per heavy atom. The third kappa shape index (κ3) is 3.14. The Labute approximate surface area is 146 Å². The smallest absolute Gasteiger partial charge is 0.311 e. The van der Waals surface area contributed by atoms with Crippen LogP contribution in [0.3, 0.4) is 0 Å². The van der Waals surface area contributed by atoms with Crippen LogP contribution in [0.5, 0.6) is 0 Å². The number of rotatable bonds is 3. The third-order valence-electron chi connectivity index (χ3n) is 4.88. The van der Waals surface area contributed by atoms with Crippen molar-refractivity contribution >= 4 is 11.9 Å². The van der Waals surface area contributed by atoms with Crippen molar-refractivity contribution in [3.8, 4) is 5.69 Å². The maximum absolute atomic E-state index is 12.8. The Balaban J connectivity index is 1.86. The van der Waals surface area contributed by atoms with Gasteiger partial charge >= 0.3 is 5.97 Å². The average Bonchev–Trinajstić information content (AvgIpc) is 2.96. The average molecular weight is 342 g/mol. The minimum absolute atomic E-state index is 0.192. The first kappa shape index (κ1) is 17.1. The standard InChI is InChI=1S/C18H22N4O3/c1-12-5-7-14(8-6-12)22-13(2)15(19-20-22)16(23)21-10-4-9-18(3,11-21)17(24)25/h5-8H,4,9-11H2,1-3H3,(H,24,25). The van der Waals surface area contributed by atoms with Gasteiger partial charge in [0.05, 0.1) is 16.8 Å². The van der Waals surface area contributed by atoms with E-state index in [1.807, 2.05) is 31.2 Å². The highest BCUT2D eigenvalue weighted by Gasteiger charge is 2.40. The lowest BCUT2D eigenvalue weighted by Gasteiger charge is -2.37. The summed E-state index contributed by atoms with van der Waals surface area (Å²) in [5, 5.41) is 17.6. The number of hydrogen-bond acceptors (Lipinski definition) is 4. The van der Waals surface area contributed by atoms with Gasteiger partial charge in [-0.3, -0.25) is 9.59 Å². The number of carboxylic acids is 1. The summed E-state index contributed by atoms with van der Waals surface area (Å²) >= 11 is 0. The van der Waals surface area contributed by atoms with Crippen LogP contribution >= 0.6 is 0 Å². The zero-order chi connectivity index (χ0) is 18.2. The summed E-state index contributed by atoms with van der Waals surface area (Å²) in [5.74, 6) is -1.13. The van der Waals surface area contributed by atoms with E-state index in [0.717, 1.165) is 11.3 Å². The molecule has 1 amide bonds. The topological polar surface area (TPSA) is 88.3 Å². The molecule has 7 heteroatoms. The molecule has 1 aromatic carbocycles. The monoisotopic (exact) mass is 342 g/mol. The number of likely N-dealkylation sites (tertiary alicyclic amines) is 1. The summed E-state index contributed by atoms with van der Waals surface area (Å²) in [4.78, 5) is 25.9. The lowest BCUT2D eigenvalue weighted by atomic mass is 9.82. The van der Waals surface area contributed by atoms with E-state index in [-0.39, 0.29) is 18.1 Å². The molecule has 0 spiro atoms. The number of piperidine rings is 1. The van der Waals surface area contributed by atoms with Gasteiger partial charge in [0.1, 0.15) is 0 Å². The molecule has 1 aliphatic heterocycles. The molecule has 1 saturated heterocycles. The minimum atomic E-state index is -0.908. The Morgan fingerprint density at radius 3 is 2.52 bits per heavy atom. The molecule has 0 radical (unpaired) electrons. The predicted molar refractivity (Wildman–Crippen MR) is 91.7 cm³/mol. The first-order valence-corrected chi connectivity index (χ1v) is 8.34. The number of carboxylic acid groups (broad SMARTS) is 1. The van der Waals surface area contributed by atoms with Crippen molar-refractivity contribution in [3.05, 3.63) is 41.2 Å². The van der Waals surface area contributed by atoms with Crippen molar-refractivity contribution in [2.24, 2.45) is 5.41 Å². The summed E-state index contributed by atoms with van der Waals surface area (Å²) in [6.07, 6.45) is 1.24. The van der Waals surface area contributed by atoms with Crippen LogP contribution in [0.1, 0.15) is 41.5 Å². The molecule has 0 saturated carbocycles. The number of aromatic nitrogens is 3. The summed E-state index contributed by atoms with van der Waals surface area (Å²) in [7, 11) is 0. The molecular formula is C18H22N4O3. The van der Waals surface area contributed by atoms with E-state index < -0.39 is 11.4 Å². The number of benzene rings is 1. The van der Waals surface area contributed by atoms with Crippen molar-refractivity contribution in [2.45, 2.75) is 33.6 Å². The van der Waals surface area contributed by atoms with Crippen LogP contribution in [0.15, 0.2) is 24.3 Å². The molecule has 25 heavy (non-hydrogen) atoms. The zero-order valence-electron chi connectivity index (χ0n) is 14.7. The van der Waals surface area contributed by atoms with Crippen LogP contribution in [-0.2, 0) is 4.79 Å². The molecule has 1 atom stereocenters. The van der Waals surface area contributed by atoms with Crippen molar-refractivity contribution in [3.63, 3.8) is 0 Å². The van der Waals surface area contributed by atoms with Gasteiger partial charge < -0.3 is 10.0 Å². The predicted octanol–water partition coefficient (Wildman–Crippen LogP) is 2.21. The normalized spacial score (nSPS) is 20.5. The van der Waals surface area contributed by atoms with Gasteiger partial charge in [-0.05, 0) is 45.7 Å². The van der Waals surface area contributed by atoms with Crippen molar-refractivity contribution in [1.29, 1.82) is 0 Å². The maximum atomic E-state index is 12.8. The first-order valence-electron chi connectivity index (χ1n) is 8.34. The Bertz CT molecular complexity index is 812. The molecular weight excluding hydrogens is 320 g/mol. The van der Waals surface area contributed by atoms with Crippen LogP contribution in [0.4, 0.5) is 0 Å². The van der Waals surface area contributed by atoms with Gasteiger partial charge in [-0.2, -0.15) is 0 Å². The Hall–Kier alpha value is -2.70. The quantitative estimate of drug-likeness (QED) is 0.924. The highest BCUT2D eigenvalue weighted by atomic mass is 16.4. The van der Waals surface area contributed by atoms with Crippen LogP contribution < -0.4 is 0 Å². The van der Waals surface area contributed by atoms with Crippen molar-refractivity contribution in [2.75, 3.05) is 13.1 Å². The largest absolute Gasteiger partial charge is 0.481 e. The number of nitrogens with zero attached hydrogens (tertiary/aromatic N) is 4. The summed E-state index contributed by atoms with van der Waals surface area (Å²) in [5.41, 5.74) is 1.99. The van der Waals surface area contributed by atoms with E-state index in [1.165, 1.54) is 0 Å². The molecule has 2 heterocycles. The maximum Gasteiger partial charge on any atom is 0.311 e. The summed E-state index contributed by atoms with van der Waals surface area (Å²) < 4.78 is 1.63. The molecule has 0 bridgehead atoms. The molecule has 7 nitrogen and oxygen atoms in total. The second-order valence-electron chi connectivity index (χ2n) is 6.97. The SMILES string of the molecule is Cc1ccc(-n2nnc(C(=O)N3CCCC(C)(C(=O)O)C3)c2C)cc1. The Kier molecular flexibility index (Phi) is 4.32. The van der Waals surface area contributed by atoms with E-state index in [4.69, 9.17) is 0 Å². The van der Waals surface area contributed by atoms with Gasteiger partial charge in [0.25, 0.3) is 5.91 Å². The summed E-state index contributed by atoms with van der Waals surface area (Å²) in [6.45, 7) is 6.22. The second-order valence-corrected chi connectivity index (χ2v) is 6.97. The molecule has 0 aliphatic carbocycles. The highest BCUT2D eigenvalue weighted by molar-refractivity contribution is 5.94. The van der Waals surface area contributed by atoms with Crippen LogP contribution in [0.2, 0.25) is 0 Å². The van der Waals surface area contributed by atoms with Gasteiger partial charge in [-0.1, -0.05) is 22.9 Å². The van der Waals surface area contributed by atoms with Crippen molar-refractivity contribution in [1.82, 2.24) is 19.9 Å². The molecule has 132 valence electrons. The third-order valence-corrected chi connectivity index (χ3v) is 4.88. The zero-order valence-corrected chi connectivity index (χ0v) is 14.7. The second kappa shape index (κ2) is 6.31. The van der Waals surface area contributed by atoms with Gasteiger partial charge in [-0.15, -0.1) is 5.10 Å². The van der Waals surface area contributed by atoms with Crippen molar-refractivity contribution < 1.29 is 14.7 Å². The molecule has 1 fully saturated rings. The number of aryl methyl sites for hydroxylation is 1. The molecule has 1 aliphatic rings. The number of carbonyl (C=O) groups is 2. The number of carbonyl (C=O) groups excluding carboxylic acids is 1. The van der Waals surface area contributed by atoms with Gasteiger partial charge in [0, 0.05) is 13.1 Å². The summed E-state index contributed by atoms with van der Waals surface area (Å²) in [6, 6.07) is 7.79. The van der Waals surface area contributed by atoms with Gasteiger partial charge in [0.2, 0.25) is 0 Å². The molecule has 2 aromatic rings. The number of aliphatic carboxylic acids is 1. The lowest BCUT2D eigenvalue weighted by Crippen LogP contribution is -2.48. The van der Waals surface area contributed by atoms with E-state index in [0.29, 0.717) is 25.1 Å². The fourth-order valence-corrected chi connectivity index (χ4v) is 3.20. The highest BCUT2D eigenvalue weighted by Crippen LogP contribution is 2.30. The van der Waals surface area contributed by atoms with E-state index in [9.17, 15) is 14.7 Å². The molecule has 1 unspecified atom stereocenters. The minimum Gasteiger partial charge on any atom is -0.481 e. The fourth-order valence-electron chi connectivity index (χ4n) is 3.20. The molecule has 1 aromatic heterocycles. The Morgan fingerprint density at radius 2 is 1.88 bits per heavy atom. The van der Waals surface area contributed by atoms with Crippen LogP contribution in [-0.4, -0.2) is 50.0 Å². The van der Waals surface area contributed by atoms with Crippen LogP contribution in [0, 0.1) is 19.3 Å². The van der Waals surface area contributed by atoms with Gasteiger partial charge in [0.15, 0.2) is 5.69 Å². The van der Waals surface area contributed by atoms with Gasteiger partial charge in [-0.25, -0.2) is 4.68 Å². The molecule has 1 N–H and O–H groups in total. The number of hydrogen-bond donors (Lipinski definition) is 1. The molecule has 3 rings (SSSR count). The lowest BCUT2D eigenvalue weighted by molar-refractivity contribution is -0.150. The van der Waals surface area contributed by atoms with E-state index in [1.54, 1.807) is 23.4 Å². The number of amides is 1. The van der Waals surface area contributed by atoms with E-state index >= 15 is 0 Å². The fraction of sp³-hybridized carbons (Fsp3) is 0.444.